The molecule has 2 rings (SSSR count). The van der Waals surface area contributed by atoms with Crippen molar-refractivity contribution in [3.05, 3.63) is 42.2 Å². The summed E-state index contributed by atoms with van der Waals surface area (Å²) in [4.78, 5) is 43.6. The number of carbonyl (C=O) groups is 1. The number of amides is 1. The first-order valence-corrected chi connectivity index (χ1v) is 10.6. The summed E-state index contributed by atoms with van der Waals surface area (Å²) >= 11 is 1.44. The van der Waals surface area contributed by atoms with Crippen molar-refractivity contribution in [2.75, 3.05) is 17.2 Å². The first-order chi connectivity index (χ1) is 13.2. The van der Waals surface area contributed by atoms with Crippen LogP contribution in [0.5, 0.6) is 0 Å². The molecule has 0 aliphatic heterocycles. The van der Waals surface area contributed by atoms with Crippen molar-refractivity contribution in [3.63, 3.8) is 0 Å². The summed E-state index contributed by atoms with van der Waals surface area (Å²) in [6.45, 7) is 10.7. The molecule has 0 fully saturated rings. The summed E-state index contributed by atoms with van der Waals surface area (Å²) in [7, 11) is 0. The van der Waals surface area contributed by atoms with E-state index in [1.807, 2.05) is 40.7 Å². The van der Waals surface area contributed by atoms with E-state index < -0.39 is 11.2 Å². The quantitative estimate of drug-likeness (QED) is 0.703. The zero-order valence-corrected chi connectivity index (χ0v) is 18.1. The SMILES string of the molecule is CCCCn1c(N)c(N(CC(C)C)C(=O)c2cc(C)c(CC)s2)c(=O)[nH]c1=O. The zero-order valence-electron chi connectivity index (χ0n) is 17.3. The number of aromatic amines is 1. The molecule has 0 saturated carbocycles. The van der Waals surface area contributed by atoms with Crippen molar-refractivity contribution in [1.82, 2.24) is 9.55 Å². The number of hydrogen-bond donors (Lipinski definition) is 2. The second-order valence-corrected chi connectivity index (χ2v) is 8.52. The van der Waals surface area contributed by atoms with Gasteiger partial charge in [-0.3, -0.25) is 24.0 Å². The highest BCUT2D eigenvalue weighted by molar-refractivity contribution is 7.14. The van der Waals surface area contributed by atoms with Crippen molar-refractivity contribution >= 4 is 28.7 Å². The molecule has 0 spiro atoms. The average molecular weight is 407 g/mol. The molecule has 154 valence electrons. The predicted molar refractivity (Wildman–Crippen MR) is 116 cm³/mol. The largest absolute Gasteiger partial charge is 0.383 e. The molecule has 0 aromatic carbocycles. The predicted octanol–water partition coefficient (Wildman–Crippen LogP) is 3.15. The molecule has 0 radical (unpaired) electrons. The minimum absolute atomic E-state index is 0.0418. The summed E-state index contributed by atoms with van der Waals surface area (Å²) < 4.78 is 1.35. The van der Waals surface area contributed by atoms with E-state index in [4.69, 9.17) is 5.73 Å². The monoisotopic (exact) mass is 406 g/mol. The van der Waals surface area contributed by atoms with Crippen LogP contribution < -0.4 is 21.9 Å². The maximum atomic E-state index is 13.3. The number of rotatable bonds is 8. The van der Waals surface area contributed by atoms with E-state index in [9.17, 15) is 14.4 Å². The Hall–Kier alpha value is -2.35. The normalized spacial score (nSPS) is 11.2. The first kappa shape index (κ1) is 21.9. The maximum absolute atomic E-state index is 13.3. The molecule has 2 aromatic heterocycles. The fourth-order valence-corrected chi connectivity index (χ4v) is 4.19. The van der Waals surface area contributed by atoms with Gasteiger partial charge in [0.05, 0.1) is 4.88 Å². The minimum atomic E-state index is -0.631. The fourth-order valence-electron chi connectivity index (χ4n) is 3.13. The van der Waals surface area contributed by atoms with E-state index in [1.54, 1.807) is 0 Å². The average Bonchev–Trinajstić information content (AvgIpc) is 3.00. The molecular formula is C20H30N4O3S. The number of thiophene rings is 1. The van der Waals surface area contributed by atoms with Crippen LogP contribution in [0.3, 0.4) is 0 Å². The number of anilines is 2. The Morgan fingerprint density at radius 2 is 2.00 bits per heavy atom. The molecule has 0 atom stereocenters. The summed E-state index contributed by atoms with van der Waals surface area (Å²) in [5.74, 6) is -0.106. The van der Waals surface area contributed by atoms with Crippen LogP contribution in [0.15, 0.2) is 15.7 Å². The lowest BCUT2D eigenvalue weighted by atomic mass is 10.1. The van der Waals surface area contributed by atoms with Gasteiger partial charge in [0.2, 0.25) is 0 Å². The van der Waals surface area contributed by atoms with Crippen molar-refractivity contribution < 1.29 is 4.79 Å². The van der Waals surface area contributed by atoms with Gasteiger partial charge in [-0.15, -0.1) is 11.3 Å². The highest BCUT2D eigenvalue weighted by atomic mass is 32.1. The van der Waals surface area contributed by atoms with E-state index in [2.05, 4.69) is 4.98 Å². The van der Waals surface area contributed by atoms with E-state index in [-0.39, 0.29) is 23.3 Å². The lowest BCUT2D eigenvalue weighted by Crippen LogP contribution is -2.42. The third-order valence-electron chi connectivity index (χ3n) is 4.56. The molecule has 2 aromatic rings. The number of H-pyrrole nitrogens is 1. The number of nitrogens with two attached hydrogens (primary N) is 1. The van der Waals surface area contributed by atoms with Gasteiger partial charge in [0.25, 0.3) is 11.5 Å². The van der Waals surface area contributed by atoms with Crippen LogP contribution in [0, 0.1) is 12.8 Å². The summed E-state index contributed by atoms with van der Waals surface area (Å²) in [5, 5.41) is 0. The number of aryl methyl sites for hydroxylation is 2. The Morgan fingerprint density at radius 1 is 1.32 bits per heavy atom. The highest BCUT2D eigenvalue weighted by Crippen LogP contribution is 2.27. The molecule has 1 amide bonds. The molecule has 0 saturated heterocycles. The highest BCUT2D eigenvalue weighted by Gasteiger charge is 2.27. The Morgan fingerprint density at radius 3 is 2.54 bits per heavy atom. The Balaban J connectivity index is 2.60. The molecule has 0 aliphatic carbocycles. The smallest absolute Gasteiger partial charge is 0.330 e. The molecule has 0 unspecified atom stereocenters. The van der Waals surface area contributed by atoms with E-state index >= 15 is 0 Å². The third-order valence-corrected chi connectivity index (χ3v) is 5.93. The van der Waals surface area contributed by atoms with Crippen LogP contribution in [-0.4, -0.2) is 22.0 Å². The molecule has 7 nitrogen and oxygen atoms in total. The van der Waals surface area contributed by atoms with Gasteiger partial charge in [0, 0.05) is 18.0 Å². The first-order valence-electron chi connectivity index (χ1n) is 9.74. The Kier molecular flexibility index (Phi) is 7.23. The van der Waals surface area contributed by atoms with E-state index in [0.717, 1.165) is 29.7 Å². The molecule has 28 heavy (non-hydrogen) atoms. The number of aromatic nitrogens is 2. The Bertz CT molecular complexity index is 955. The fraction of sp³-hybridized carbons (Fsp3) is 0.550. The van der Waals surface area contributed by atoms with E-state index in [0.29, 0.717) is 18.0 Å². The van der Waals surface area contributed by atoms with Gasteiger partial charge < -0.3 is 5.73 Å². The molecule has 8 heteroatoms. The van der Waals surface area contributed by atoms with Crippen LogP contribution in [0.1, 0.15) is 60.6 Å². The maximum Gasteiger partial charge on any atom is 0.330 e. The number of nitrogens with zero attached hydrogens (tertiary/aromatic N) is 2. The van der Waals surface area contributed by atoms with Gasteiger partial charge in [0.15, 0.2) is 5.69 Å². The summed E-state index contributed by atoms with van der Waals surface area (Å²) in [6.07, 6.45) is 2.47. The van der Waals surface area contributed by atoms with Gasteiger partial charge in [-0.1, -0.05) is 34.1 Å². The number of nitrogens with one attached hydrogen (secondary N) is 1. The van der Waals surface area contributed by atoms with Crippen LogP contribution in [0.4, 0.5) is 11.5 Å². The number of hydrogen-bond acceptors (Lipinski definition) is 5. The lowest BCUT2D eigenvalue weighted by molar-refractivity contribution is 0.0987. The second kappa shape index (κ2) is 9.23. The number of nitrogen functional groups attached to an aromatic ring is 1. The van der Waals surface area contributed by atoms with Gasteiger partial charge in [-0.05, 0) is 37.3 Å². The van der Waals surface area contributed by atoms with Crippen molar-refractivity contribution in [1.29, 1.82) is 0 Å². The minimum Gasteiger partial charge on any atom is -0.383 e. The molecular weight excluding hydrogens is 376 g/mol. The standard InChI is InChI=1S/C20H30N4O3S/c1-6-8-9-23-17(21)16(18(25)22-20(23)27)24(11-12(3)4)19(26)15-10-13(5)14(7-2)28-15/h10,12H,6-9,11,21H2,1-5H3,(H,22,25,27). The summed E-state index contributed by atoms with van der Waals surface area (Å²) in [6, 6.07) is 1.86. The third kappa shape index (κ3) is 4.55. The summed E-state index contributed by atoms with van der Waals surface area (Å²) in [5.41, 5.74) is 6.18. The van der Waals surface area contributed by atoms with Crippen molar-refractivity contribution in [2.45, 2.75) is 60.4 Å². The van der Waals surface area contributed by atoms with Crippen LogP contribution >= 0.6 is 11.3 Å². The van der Waals surface area contributed by atoms with Gasteiger partial charge in [-0.25, -0.2) is 4.79 Å². The van der Waals surface area contributed by atoms with Gasteiger partial charge in [0.1, 0.15) is 5.82 Å². The molecule has 0 aliphatic rings. The van der Waals surface area contributed by atoms with Crippen molar-refractivity contribution in [3.8, 4) is 0 Å². The zero-order chi connectivity index (χ0) is 21.0. The molecule has 3 N–H and O–H groups in total. The Labute approximate surface area is 169 Å². The van der Waals surface area contributed by atoms with Crippen molar-refractivity contribution in [2.24, 2.45) is 5.92 Å². The number of carbonyl (C=O) groups excluding carboxylic acids is 1. The molecule has 0 bridgehead atoms. The topological polar surface area (TPSA) is 101 Å². The van der Waals surface area contributed by atoms with Crippen LogP contribution in [-0.2, 0) is 13.0 Å². The second-order valence-electron chi connectivity index (χ2n) is 7.38. The molecule has 2 heterocycles. The van der Waals surface area contributed by atoms with Gasteiger partial charge in [-0.2, -0.15) is 0 Å². The van der Waals surface area contributed by atoms with Crippen LogP contribution in [0.25, 0.3) is 0 Å². The van der Waals surface area contributed by atoms with Crippen LogP contribution in [0.2, 0.25) is 0 Å². The lowest BCUT2D eigenvalue weighted by Gasteiger charge is -2.25. The number of unbranched alkanes of at least 4 members (excludes halogenated alkanes) is 1. The van der Waals surface area contributed by atoms with E-state index in [1.165, 1.54) is 20.8 Å². The van der Waals surface area contributed by atoms with Gasteiger partial charge >= 0.3 is 5.69 Å².